The van der Waals surface area contributed by atoms with Gasteiger partial charge in [-0.2, -0.15) is 0 Å². The summed E-state index contributed by atoms with van der Waals surface area (Å²) in [6, 6.07) is 4.92. The SMILES string of the molecule is CCOC(=O)c1onc2c(C=O)cccc12. The van der Waals surface area contributed by atoms with Crippen molar-refractivity contribution in [1.82, 2.24) is 5.16 Å². The molecule has 0 fully saturated rings. The van der Waals surface area contributed by atoms with E-state index >= 15 is 0 Å². The van der Waals surface area contributed by atoms with Crippen LogP contribution < -0.4 is 0 Å². The predicted octanol–water partition coefficient (Wildman–Crippen LogP) is 1.82. The average Bonchev–Trinajstić information content (AvgIpc) is 2.72. The van der Waals surface area contributed by atoms with Gasteiger partial charge >= 0.3 is 5.97 Å². The second kappa shape index (κ2) is 4.14. The lowest BCUT2D eigenvalue weighted by Gasteiger charge is -1.96. The molecule has 5 heteroatoms. The highest BCUT2D eigenvalue weighted by Gasteiger charge is 2.18. The zero-order chi connectivity index (χ0) is 11.5. The first-order valence-electron chi connectivity index (χ1n) is 4.78. The summed E-state index contributed by atoms with van der Waals surface area (Å²) >= 11 is 0. The molecule has 16 heavy (non-hydrogen) atoms. The molecule has 0 spiro atoms. The molecule has 0 aliphatic carbocycles. The van der Waals surface area contributed by atoms with E-state index in [-0.39, 0.29) is 12.4 Å². The summed E-state index contributed by atoms with van der Waals surface area (Å²) in [6.45, 7) is 1.96. The third-order valence-corrected chi connectivity index (χ3v) is 2.13. The Kier molecular flexibility index (Phi) is 2.68. The Bertz CT molecular complexity index is 544. The summed E-state index contributed by atoms with van der Waals surface area (Å²) in [5.74, 6) is -0.548. The first kappa shape index (κ1) is 10.4. The van der Waals surface area contributed by atoms with Gasteiger partial charge in [0.25, 0.3) is 5.76 Å². The number of ether oxygens (including phenoxy) is 1. The molecule has 0 aliphatic heterocycles. The smallest absolute Gasteiger partial charge is 0.377 e. The highest BCUT2D eigenvalue weighted by atomic mass is 16.6. The molecule has 0 bridgehead atoms. The Hall–Kier alpha value is -2.17. The lowest BCUT2D eigenvalue weighted by molar-refractivity contribution is 0.0483. The molecule has 2 rings (SSSR count). The fourth-order valence-electron chi connectivity index (χ4n) is 1.43. The number of fused-ring (bicyclic) bond motifs is 1. The summed E-state index contributed by atoms with van der Waals surface area (Å²) < 4.78 is 9.70. The number of esters is 1. The number of rotatable bonds is 3. The van der Waals surface area contributed by atoms with Crippen molar-refractivity contribution in [3.8, 4) is 0 Å². The highest BCUT2D eigenvalue weighted by Crippen LogP contribution is 2.21. The van der Waals surface area contributed by atoms with Crippen LogP contribution in [0, 0.1) is 0 Å². The number of aromatic nitrogens is 1. The second-order valence-corrected chi connectivity index (χ2v) is 3.09. The maximum absolute atomic E-state index is 11.5. The number of benzene rings is 1. The molecule has 0 unspecified atom stereocenters. The monoisotopic (exact) mass is 219 g/mol. The molecule has 0 N–H and O–H groups in total. The fraction of sp³-hybridized carbons (Fsp3) is 0.182. The lowest BCUT2D eigenvalue weighted by Crippen LogP contribution is -2.03. The van der Waals surface area contributed by atoms with Crippen LogP contribution in [0.25, 0.3) is 10.9 Å². The minimum atomic E-state index is -0.576. The topological polar surface area (TPSA) is 69.4 Å². The van der Waals surface area contributed by atoms with E-state index in [1.807, 2.05) is 0 Å². The van der Waals surface area contributed by atoms with E-state index < -0.39 is 5.97 Å². The van der Waals surface area contributed by atoms with Crippen LogP contribution in [0.2, 0.25) is 0 Å². The van der Waals surface area contributed by atoms with E-state index in [9.17, 15) is 9.59 Å². The third-order valence-electron chi connectivity index (χ3n) is 2.13. The van der Waals surface area contributed by atoms with Crippen LogP contribution in [0.1, 0.15) is 27.8 Å². The van der Waals surface area contributed by atoms with Crippen LogP contribution in [0.5, 0.6) is 0 Å². The summed E-state index contributed by atoms with van der Waals surface area (Å²) in [5, 5.41) is 4.17. The van der Waals surface area contributed by atoms with E-state index in [0.29, 0.717) is 22.8 Å². The zero-order valence-electron chi connectivity index (χ0n) is 8.60. The van der Waals surface area contributed by atoms with Gasteiger partial charge in [0.05, 0.1) is 12.0 Å². The number of carbonyl (C=O) groups excluding carboxylic acids is 2. The molecule has 0 aliphatic rings. The standard InChI is InChI=1S/C11H9NO4/c1-2-15-11(14)10-8-5-3-4-7(6-13)9(8)12-16-10/h3-6H,2H2,1H3. The molecule has 2 aromatic rings. The van der Waals surface area contributed by atoms with Crippen LogP contribution in [0.3, 0.4) is 0 Å². The van der Waals surface area contributed by atoms with Crippen molar-refractivity contribution >= 4 is 23.2 Å². The van der Waals surface area contributed by atoms with Crippen molar-refractivity contribution in [2.24, 2.45) is 0 Å². The summed E-state index contributed by atoms with van der Waals surface area (Å²) in [4.78, 5) is 22.2. The van der Waals surface area contributed by atoms with Gasteiger partial charge in [-0.15, -0.1) is 0 Å². The van der Waals surface area contributed by atoms with Crippen molar-refractivity contribution in [2.75, 3.05) is 6.61 Å². The van der Waals surface area contributed by atoms with Gasteiger partial charge in [0.1, 0.15) is 5.52 Å². The van der Waals surface area contributed by atoms with E-state index in [1.165, 1.54) is 0 Å². The Morgan fingerprint density at radius 1 is 1.56 bits per heavy atom. The maximum atomic E-state index is 11.5. The number of hydrogen-bond donors (Lipinski definition) is 0. The van der Waals surface area contributed by atoms with E-state index in [1.54, 1.807) is 25.1 Å². The number of hydrogen-bond acceptors (Lipinski definition) is 5. The molecule has 82 valence electrons. The quantitative estimate of drug-likeness (QED) is 0.581. The minimum absolute atomic E-state index is 0.0283. The molecule has 0 radical (unpaired) electrons. The van der Waals surface area contributed by atoms with E-state index in [2.05, 4.69) is 5.16 Å². The largest absolute Gasteiger partial charge is 0.460 e. The van der Waals surface area contributed by atoms with Crippen molar-refractivity contribution in [3.05, 3.63) is 29.5 Å². The van der Waals surface area contributed by atoms with Gasteiger partial charge in [-0.3, -0.25) is 4.79 Å². The van der Waals surface area contributed by atoms with Crippen LogP contribution >= 0.6 is 0 Å². The maximum Gasteiger partial charge on any atom is 0.377 e. The molecule has 0 saturated heterocycles. The number of nitrogens with zero attached hydrogens (tertiary/aromatic N) is 1. The third kappa shape index (κ3) is 1.56. The molecule has 0 atom stereocenters. The Morgan fingerprint density at radius 3 is 3.06 bits per heavy atom. The number of aldehydes is 1. The molecular weight excluding hydrogens is 210 g/mol. The van der Waals surface area contributed by atoms with Crippen molar-refractivity contribution in [1.29, 1.82) is 0 Å². The second-order valence-electron chi connectivity index (χ2n) is 3.09. The Labute approximate surface area is 91.0 Å². The summed E-state index contributed by atoms with van der Waals surface area (Å²) in [6.07, 6.45) is 0.666. The fourth-order valence-corrected chi connectivity index (χ4v) is 1.43. The van der Waals surface area contributed by atoms with Gasteiger partial charge in [0, 0.05) is 5.56 Å². The first-order valence-corrected chi connectivity index (χ1v) is 4.78. The van der Waals surface area contributed by atoms with Crippen molar-refractivity contribution in [3.63, 3.8) is 0 Å². The average molecular weight is 219 g/mol. The van der Waals surface area contributed by atoms with Crippen LogP contribution in [0.4, 0.5) is 0 Å². The zero-order valence-corrected chi connectivity index (χ0v) is 8.60. The minimum Gasteiger partial charge on any atom is -0.460 e. The van der Waals surface area contributed by atoms with Crippen LogP contribution in [-0.4, -0.2) is 24.0 Å². The Balaban J connectivity index is 2.57. The molecule has 1 heterocycles. The van der Waals surface area contributed by atoms with Crippen LogP contribution in [0.15, 0.2) is 22.7 Å². The van der Waals surface area contributed by atoms with Crippen molar-refractivity contribution in [2.45, 2.75) is 6.92 Å². The van der Waals surface area contributed by atoms with Crippen molar-refractivity contribution < 1.29 is 18.8 Å². The molecule has 1 aromatic carbocycles. The van der Waals surface area contributed by atoms with Gasteiger partial charge in [-0.1, -0.05) is 11.2 Å². The predicted molar refractivity (Wildman–Crippen MR) is 55.4 cm³/mol. The van der Waals surface area contributed by atoms with E-state index in [4.69, 9.17) is 9.26 Å². The molecule has 0 amide bonds. The van der Waals surface area contributed by atoms with Gasteiger partial charge in [-0.25, -0.2) is 4.79 Å². The lowest BCUT2D eigenvalue weighted by atomic mass is 10.1. The van der Waals surface area contributed by atoms with Gasteiger partial charge in [0.15, 0.2) is 6.29 Å². The summed E-state index contributed by atoms with van der Waals surface area (Å²) in [7, 11) is 0. The first-order chi connectivity index (χ1) is 7.77. The van der Waals surface area contributed by atoms with Crippen LogP contribution in [-0.2, 0) is 4.74 Å². The summed E-state index contributed by atoms with van der Waals surface area (Å²) in [5.41, 5.74) is 0.761. The normalized spacial score (nSPS) is 10.3. The number of carbonyl (C=O) groups is 2. The highest BCUT2D eigenvalue weighted by molar-refractivity contribution is 6.05. The molecule has 5 nitrogen and oxygen atoms in total. The molecule has 0 saturated carbocycles. The molecular formula is C11H9NO4. The Morgan fingerprint density at radius 2 is 2.38 bits per heavy atom. The van der Waals surface area contributed by atoms with Gasteiger partial charge in [0.2, 0.25) is 0 Å². The molecule has 1 aromatic heterocycles. The van der Waals surface area contributed by atoms with Gasteiger partial charge in [-0.05, 0) is 19.1 Å². The van der Waals surface area contributed by atoms with E-state index in [0.717, 1.165) is 0 Å². The van der Waals surface area contributed by atoms with Gasteiger partial charge < -0.3 is 9.26 Å².